The lowest BCUT2D eigenvalue weighted by Gasteiger charge is -2.07. The number of hydrogen-bond acceptors (Lipinski definition) is 4. The SMILES string of the molecule is COc1cccc(-c2[nH]nc3nc(-c4cccc(C)c4)cc(C(=O)O)c23)c1. The summed E-state index contributed by atoms with van der Waals surface area (Å²) in [6, 6.07) is 16.7. The Morgan fingerprint density at radius 2 is 1.85 bits per heavy atom. The number of carboxylic acid groups (broad SMARTS) is 1. The third-order valence-corrected chi connectivity index (χ3v) is 4.43. The minimum Gasteiger partial charge on any atom is -0.497 e. The fraction of sp³-hybridized carbons (Fsp3) is 0.0952. The zero-order valence-corrected chi connectivity index (χ0v) is 14.9. The monoisotopic (exact) mass is 359 g/mol. The second-order valence-corrected chi connectivity index (χ2v) is 6.26. The van der Waals surface area contributed by atoms with E-state index in [1.54, 1.807) is 13.2 Å². The Kier molecular flexibility index (Phi) is 4.08. The third kappa shape index (κ3) is 3.01. The van der Waals surface area contributed by atoms with Gasteiger partial charge in [-0.25, -0.2) is 9.78 Å². The Balaban J connectivity index is 1.96. The van der Waals surface area contributed by atoms with Crippen LogP contribution in [0.4, 0.5) is 0 Å². The van der Waals surface area contributed by atoms with Crippen molar-refractivity contribution in [3.63, 3.8) is 0 Å². The fourth-order valence-corrected chi connectivity index (χ4v) is 3.13. The van der Waals surface area contributed by atoms with Crippen molar-refractivity contribution in [2.75, 3.05) is 7.11 Å². The highest BCUT2D eigenvalue weighted by Crippen LogP contribution is 2.32. The quantitative estimate of drug-likeness (QED) is 0.567. The molecule has 27 heavy (non-hydrogen) atoms. The van der Waals surface area contributed by atoms with E-state index in [-0.39, 0.29) is 5.56 Å². The average Bonchev–Trinajstić information content (AvgIpc) is 3.11. The summed E-state index contributed by atoms with van der Waals surface area (Å²) in [7, 11) is 1.59. The lowest BCUT2D eigenvalue weighted by Crippen LogP contribution is -2.00. The molecule has 2 aromatic carbocycles. The number of fused-ring (bicyclic) bond motifs is 1. The maximum absolute atomic E-state index is 12.0. The van der Waals surface area contributed by atoms with Crippen LogP contribution in [0.5, 0.6) is 5.75 Å². The molecule has 0 spiro atoms. The molecule has 0 aliphatic carbocycles. The van der Waals surface area contributed by atoms with Crippen molar-refractivity contribution < 1.29 is 14.6 Å². The number of carbonyl (C=O) groups is 1. The van der Waals surface area contributed by atoms with E-state index in [1.807, 2.05) is 55.5 Å². The first-order chi connectivity index (χ1) is 13.1. The summed E-state index contributed by atoms with van der Waals surface area (Å²) in [5.74, 6) is -0.349. The van der Waals surface area contributed by atoms with Gasteiger partial charge in [-0.05, 0) is 31.2 Å². The Morgan fingerprint density at radius 1 is 1.07 bits per heavy atom. The van der Waals surface area contributed by atoms with Crippen molar-refractivity contribution in [3.8, 4) is 28.3 Å². The molecule has 4 rings (SSSR count). The van der Waals surface area contributed by atoms with Gasteiger partial charge in [-0.2, -0.15) is 5.10 Å². The second kappa shape index (κ2) is 6.57. The Bertz CT molecular complexity index is 1160. The van der Waals surface area contributed by atoms with Crippen LogP contribution in [0.2, 0.25) is 0 Å². The predicted molar refractivity (Wildman–Crippen MR) is 103 cm³/mol. The average molecular weight is 359 g/mol. The van der Waals surface area contributed by atoms with Gasteiger partial charge in [0, 0.05) is 11.1 Å². The van der Waals surface area contributed by atoms with Gasteiger partial charge >= 0.3 is 5.97 Å². The van der Waals surface area contributed by atoms with Gasteiger partial charge in [0.05, 0.1) is 29.4 Å². The fourth-order valence-electron chi connectivity index (χ4n) is 3.13. The Hall–Kier alpha value is -3.67. The molecule has 0 unspecified atom stereocenters. The highest BCUT2D eigenvalue weighted by atomic mass is 16.5. The first-order valence-electron chi connectivity index (χ1n) is 8.40. The summed E-state index contributed by atoms with van der Waals surface area (Å²) in [6.45, 7) is 1.98. The molecule has 0 aliphatic rings. The summed E-state index contributed by atoms with van der Waals surface area (Å²) in [5.41, 5.74) is 4.41. The molecule has 0 bridgehead atoms. The largest absolute Gasteiger partial charge is 0.497 e. The van der Waals surface area contributed by atoms with Crippen molar-refractivity contribution in [2.45, 2.75) is 6.92 Å². The molecule has 2 aromatic heterocycles. The van der Waals surface area contributed by atoms with Gasteiger partial charge < -0.3 is 9.84 Å². The molecule has 4 aromatic rings. The van der Waals surface area contributed by atoms with Gasteiger partial charge in [-0.15, -0.1) is 0 Å². The molecule has 0 amide bonds. The third-order valence-electron chi connectivity index (χ3n) is 4.43. The predicted octanol–water partition coefficient (Wildman–Crippen LogP) is 4.31. The number of aromatic amines is 1. The summed E-state index contributed by atoms with van der Waals surface area (Å²) < 4.78 is 5.26. The molecule has 6 heteroatoms. The number of rotatable bonds is 4. The number of pyridine rings is 1. The van der Waals surface area contributed by atoms with Crippen LogP contribution in [-0.2, 0) is 0 Å². The second-order valence-electron chi connectivity index (χ2n) is 6.26. The number of nitrogens with one attached hydrogen (secondary N) is 1. The van der Waals surface area contributed by atoms with Gasteiger partial charge in [0.15, 0.2) is 5.65 Å². The number of aryl methyl sites for hydroxylation is 1. The van der Waals surface area contributed by atoms with E-state index in [1.165, 1.54) is 0 Å². The minimum atomic E-state index is -1.03. The number of hydrogen-bond donors (Lipinski definition) is 2. The van der Waals surface area contributed by atoms with Crippen molar-refractivity contribution in [1.29, 1.82) is 0 Å². The van der Waals surface area contributed by atoms with Crippen molar-refractivity contribution in [2.24, 2.45) is 0 Å². The molecular weight excluding hydrogens is 342 g/mol. The van der Waals surface area contributed by atoms with Crippen molar-refractivity contribution >= 4 is 17.0 Å². The van der Waals surface area contributed by atoms with Crippen LogP contribution in [0.15, 0.2) is 54.6 Å². The highest BCUT2D eigenvalue weighted by Gasteiger charge is 2.20. The van der Waals surface area contributed by atoms with Crippen LogP contribution in [0, 0.1) is 6.92 Å². The maximum Gasteiger partial charge on any atom is 0.336 e. The van der Waals surface area contributed by atoms with Crippen LogP contribution in [0.25, 0.3) is 33.5 Å². The number of H-pyrrole nitrogens is 1. The smallest absolute Gasteiger partial charge is 0.336 e. The number of methoxy groups -OCH3 is 1. The molecule has 0 saturated heterocycles. The summed E-state index contributed by atoms with van der Waals surface area (Å²) in [4.78, 5) is 16.6. The molecule has 0 atom stereocenters. The first kappa shape index (κ1) is 16.8. The van der Waals surface area contributed by atoms with E-state index < -0.39 is 5.97 Å². The molecule has 2 N–H and O–H groups in total. The summed E-state index contributed by atoms with van der Waals surface area (Å²) in [6.07, 6.45) is 0. The lowest BCUT2D eigenvalue weighted by atomic mass is 10.0. The van der Waals surface area contributed by atoms with E-state index in [0.717, 1.165) is 16.7 Å². The van der Waals surface area contributed by atoms with Gasteiger partial charge in [0.25, 0.3) is 0 Å². The number of nitrogens with zero attached hydrogens (tertiary/aromatic N) is 2. The van der Waals surface area contributed by atoms with Crippen LogP contribution in [0.3, 0.4) is 0 Å². The molecule has 6 nitrogen and oxygen atoms in total. The van der Waals surface area contributed by atoms with Crippen LogP contribution >= 0.6 is 0 Å². The first-order valence-corrected chi connectivity index (χ1v) is 8.40. The maximum atomic E-state index is 12.0. The number of carboxylic acids is 1. The zero-order valence-electron chi connectivity index (χ0n) is 14.9. The number of benzene rings is 2. The molecule has 0 aliphatic heterocycles. The lowest BCUT2D eigenvalue weighted by molar-refractivity contribution is 0.0699. The molecule has 2 heterocycles. The zero-order chi connectivity index (χ0) is 19.0. The Morgan fingerprint density at radius 3 is 2.59 bits per heavy atom. The van der Waals surface area contributed by atoms with E-state index in [4.69, 9.17) is 4.74 Å². The normalized spacial score (nSPS) is 10.9. The van der Waals surface area contributed by atoms with Crippen molar-refractivity contribution in [3.05, 3.63) is 65.7 Å². The van der Waals surface area contributed by atoms with Crippen LogP contribution in [0.1, 0.15) is 15.9 Å². The number of ether oxygens (including phenoxy) is 1. The van der Waals surface area contributed by atoms with E-state index in [9.17, 15) is 9.90 Å². The van der Waals surface area contributed by atoms with E-state index >= 15 is 0 Å². The standard InChI is InChI=1S/C21H17N3O3/c1-12-5-3-6-13(9-12)17-11-16(21(25)26)18-19(23-24-20(18)22-17)14-7-4-8-15(10-14)27-2/h3-11H,1-2H3,(H,25,26)(H,22,23,24). The number of aromatic nitrogens is 3. The van der Waals surface area contributed by atoms with E-state index in [0.29, 0.717) is 28.2 Å². The molecule has 0 radical (unpaired) electrons. The summed E-state index contributed by atoms with van der Waals surface area (Å²) >= 11 is 0. The highest BCUT2D eigenvalue weighted by molar-refractivity contribution is 6.08. The van der Waals surface area contributed by atoms with Gasteiger partial charge in [-0.3, -0.25) is 5.10 Å². The van der Waals surface area contributed by atoms with Gasteiger partial charge in [-0.1, -0.05) is 35.9 Å². The topological polar surface area (TPSA) is 88.1 Å². The molecular formula is C21H17N3O3. The van der Waals surface area contributed by atoms with Crippen LogP contribution < -0.4 is 4.74 Å². The Labute approximate surface area is 155 Å². The van der Waals surface area contributed by atoms with Crippen molar-refractivity contribution in [1.82, 2.24) is 15.2 Å². The van der Waals surface area contributed by atoms with Gasteiger partial charge in [0.2, 0.25) is 0 Å². The van der Waals surface area contributed by atoms with Gasteiger partial charge in [0.1, 0.15) is 5.75 Å². The molecule has 0 saturated carbocycles. The van der Waals surface area contributed by atoms with E-state index in [2.05, 4.69) is 15.2 Å². The molecule has 134 valence electrons. The summed E-state index contributed by atoms with van der Waals surface area (Å²) in [5, 5.41) is 17.5. The number of aromatic carboxylic acids is 1. The minimum absolute atomic E-state index is 0.156. The molecule has 0 fully saturated rings. The van der Waals surface area contributed by atoms with Crippen LogP contribution in [-0.4, -0.2) is 33.4 Å².